The largest absolute Gasteiger partial charge is 0.310 e. The first kappa shape index (κ1) is 68.1. The fraction of sp³-hybridized carbons (Fsp3) is 0.0442. The average molecular weight is 1550 g/mol. The Labute approximate surface area is 699 Å². The molecule has 25 rings (SSSR count). The molecule has 0 amide bonds. The summed E-state index contributed by atoms with van der Waals surface area (Å²) in [4.78, 5) is 10.1. The fourth-order valence-electron chi connectivity index (χ4n) is 21.7. The van der Waals surface area contributed by atoms with Gasteiger partial charge in [-0.2, -0.15) is 0 Å². The van der Waals surface area contributed by atoms with Crippen LogP contribution in [0, 0.1) is 0 Å². The van der Waals surface area contributed by atoms with Gasteiger partial charge < -0.3 is 18.9 Å². The Bertz CT molecular complexity index is 7610. The smallest absolute Gasteiger partial charge is 0.0765 e. The van der Waals surface area contributed by atoms with E-state index in [1.54, 1.807) is 0 Å². The van der Waals surface area contributed by atoms with Crippen LogP contribution < -0.4 is 9.80 Å². The Balaban J connectivity index is 0.597. The van der Waals surface area contributed by atoms with Gasteiger partial charge in [0.15, 0.2) is 0 Å². The van der Waals surface area contributed by atoms with E-state index in [0.29, 0.717) is 0 Å². The van der Waals surface area contributed by atoms with Crippen molar-refractivity contribution in [2.45, 2.75) is 49.2 Å². The van der Waals surface area contributed by atoms with E-state index in [9.17, 15) is 0 Å². The number of fused-ring (bicyclic) bond motifs is 25. The molecule has 3 unspecified atom stereocenters. The van der Waals surface area contributed by atoms with Crippen molar-refractivity contribution < 1.29 is 0 Å². The lowest BCUT2D eigenvalue weighted by Crippen LogP contribution is -2.37. The van der Waals surface area contributed by atoms with Crippen LogP contribution in [0.5, 0.6) is 0 Å². The van der Waals surface area contributed by atoms with Gasteiger partial charge in [0.2, 0.25) is 0 Å². The van der Waals surface area contributed by atoms with Gasteiger partial charge in [-0.15, -0.1) is 0 Å². The SMILES string of the molecule is CC1(Cc2ccc(-c3ccc(N(c4ccc5c(c4)C4(c6ccccc6S5)c5ccccc5-n5c6ccccc6c6cccc4c65)c4ccccc4-c4ccccc4)cc3)cc2)c2ccccc2-c2ccc(N(c3ccc(-c4ccccc4)cc3)c3ccc4c(c3)C3(c5ccccc5S4)c4ccccc4-n4c5ccccc5c5cccc3c54)cc21. The van der Waals surface area contributed by atoms with Crippen LogP contribution in [0.25, 0.3) is 99.5 Å². The number of anilines is 6. The van der Waals surface area contributed by atoms with Crippen molar-refractivity contribution in [1.29, 1.82) is 0 Å². The molecule has 20 aromatic rings. The van der Waals surface area contributed by atoms with Gasteiger partial charge in [0.1, 0.15) is 0 Å². The van der Waals surface area contributed by atoms with Crippen LogP contribution in [0.1, 0.15) is 68.1 Å². The van der Waals surface area contributed by atoms with Gasteiger partial charge in [0.05, 0.1) is 50.0 Å². The summed E-state index contributed by atoms with van der Waals surface area (Å²) in [6, 6.07) is 158. The Morgan fingerprint density at radius 1 is 0.244 bits per heavy atom. The molecule has 0 bridgehead atoms. The van der Waals surface area contributed by atoms with Gasteiger partial charge in [-0.05, 0) is 222 Å². The lowest BCUT2D eigenvalue weighted by molar-refractivity contribution is 0.583. The van der Waals surface area contributed by atoms with Crippen LogP contribution in [0.3, 0.4) is 0 Å². The van der Waals surface area contributed by atoms with E-state index >= 15 is 0 Å². The van der Waals surface area contributed by atoms with E-state index < -0.39 is 10.8 Å². The lowest BCUT2D eigenvalue weighted by Gasteiger charge is -2.45. The van der Waals surface area contributed by atoms with Gasteiger partial charge in [-0.3, -0.25) is 0 Å². The Hall–Kier alpha value is -14.1. The number of aromatic nitrogens is 2. The van der Waals surface area contributed by atoms with Crippen molar-refractivity contribution in [3.63, 3.8) is 0 Å². The maximum Gasteiger partial charge on any atom is 0.0765 e. The molecular weight excluding hydrogens is 1480 g/mol. The average Bonchev–Trinajstić information content (AvgIpc) is 1.65. The molecule has 0 N–H and O–H groups in total. The van der Waals surface area contributed by atoms with E-state index in [0.717, 1.165) is 57.2 Å². The number of rotatable bonds is 11. The maximum atomic E-state index is 2.55. The van der Waals surface area contributed by atoms with Crippen LogP contribution in [0.4, 0.5) is 34.1 Å². The first-order valence-corrected chi connectivity index (χ1v) is 42.9. The topological polar surface area (TPSA) is 16.3 Å². The summed E-state index contributed by atoms with van der Waals surface area (Å²) in [7, 11) is 0. The third-order valence-electron chi connectivity index (χ3n) is 26.7. The molecule has 4 aliphatic heterocycles. The van der Waals surface area contributed by atoms with E-state index in [2.05, 4.69) is 444 Å². The normalized spacial score (nSPS) is 16.5. The molecule has 5 aliphatic rings. The van der Waals surface area contributed by atoms with Crippen LogP contribution in [-0.2, 0) is 22.7 Å². The molecular formula is C113H74N4S2. The summed E-state index contributed by atoms with van der Waals surface area (Å²) >= 11 is 3.78. The number of hydrogen-bond acceptors (Lipinski definition) is 4. The molecule has 0 fully saturated rings. The molecule has 119 heavy (non-hydrogen) atoms. The summed E-state index contributed by atoms with van der Waals surface area (Å²) in [6.45, 7) is 2.49. The molecule has 2 spiro atoms. The van der Waals surface area contributed by atoms with E-state index in [1.165, 1.54) is 164 Å². The predicted molar refractivity (Wildman–Crippen MR) is 495 cm³/mol. The van der Waals surface area contributed by atoms with Gasteiger partial charge in [-0.1, -0.05) is 334 Å². The van der Waals surface area contributed by atoms with Crippen LogP contribution in [-0.4, -0.2) is 9.13 Å². The van der Waals surface area contributed by atoms with E-state index in [-0.39, 0.29) is 5.41 Å². The molecule has 0 radical (unpaired) electrons. The van der Waals surface area contributed by atoms with Crippen molar-refractivity contribution in [3.05, 3.63) is 480 Å². The third-order valence-corrected chi connectivity index (χ3v) is 29.0. The zero-order chi connectivity index (χ0) is 78.2. The maximum absolute atomic E-state index is 2.55. The molecule has 1 aliphatic carbocycles. The van der Waals surface area contributed by atoms with Crippen molar-refractivity contribution in [3.8, 4) is 55.9 Å². The second kappa shape index (κ2) is 26.2. The van der Waals surface area contributed by atoms with Gasteiger partial charge in [0.25, 0.3) is 0 Å². The molecule has 6 heterocycles. The summed E-state index contributed by atoms with van der Waals surface area (Å²) in [5, 5.41) is 5.07. The molecule has 558 valence electrons. The Morgan fingerprint density at radius 3 is 1.17 bits per heavy atom. The second-order valence-electron chi connectivity index (χ2n) is 32.7. The summed E-state index contributed by atoms with van der Waals surface area (Å²) in [5.74, 6) is 0. The van der Waals surface area contributed by atoms with Crippen molar-refractivity contribution in [1.82, 2.24) is 9.13 Å². The minimum absolute atomic E-state index is 0.386. The van der Waals surface area contributed by atoms with E-state index in [4.69, 9.17) is 0 Å². The molecule has 4 nitrogen and oxygen atoms in total. The Morgan fingerprint density at radius 2 is 0.613 bits per heavy atom. The van der Waals surface area contributed by atoms with E-state index in [1.807, 2.05) is 23.5 Å². The predicted octanol–water partition coefficient (Wildman–Crippen LogP) is 29.7. The van der Waals surface area contributed by atoms with Crippen LogP contribution >= 0.6 is 23.5 Å². The zero-order valence-corrected chi connectivity index (χ0v) is 66.8. The lowest BCUT2D eigenvalue weighted by atomic mass is 9.62. The number of para-hydroxylation sites is 7. The molecule has 2 aromatic heterocycles. The van der Waals surface area contributed by atoms with Crippen molar-refractivity contribution >= 4 is 101 Å². The first-order valence-electron chi connectivity index (χ1n) is 41.3. The second-order valence-corrected chi connectivity index (χ2v) is 34.9. The first-order chi connectivity index (χ1) is 58.9. The van der Waals surface area contributed by atoms with Gasteiger partial charge in [-0.25, -0.2) is 0 Å². The molecule has 18 aromatic carbocycles. The minimum atomic E-state index is -0.655. The van der Waals surface area contributed by atoms with Gasteiger partial charge in [0, 0.05) is 80.5 Å². The summed E-state index contributed by atoms with van der Waals surface area (Å²) < 4.78 is 5.08. The quantitative estimate of drug-likeness (QED) is 0.128. The Kier molecular flexibility index (Phi) is 15.0. The number of hydrogen-bond donors (Lipinski definition) is 0. The molecule has 0 saturated carbocycles. The molecule has 0 saturated heterocycles. The highest BCUT2D eigenvalue weighted by Crippen LogP contribution is 2.65. The molecule has 6 heteroatoms. The summed E-state index contributed by atoms with van der Waals surface area (Å²) in [5.41, 5.74) is 36.2. The summed E-state index contributed by atoms with van der Waals surface area (Å²) in [6.07, 6.45) is 0.803. The van der Waals surface area contributed by atoms with Crippen LogP contribution in [0.15, 0.2) is 438 Å². The molecule has 3 atom stereocenters. The standard InChI is InChI=1S/C113H74N4S2/c1-111(71-72-50-52-74(53-51-72)76-56-60-79(61-57-76)115(100-43-17-9-30-83(100)77-28-6-3-7-29-77)82-64-67-108-99(70-82)113(94-40-16-23-49-106(94)119-108)92-38-14-21-47-104(92)117-102-45-19-11-33-87(102)89-35-25-42-96(113)110(89)117)90-36-12-8-31-84(90)85-65-62-80(68-97(85)111)114(78-58-54-75(55-59-78)73-26-4-2-5-27-73)81-63-66-107-98(69-81)112(93-39-15-22-48-105(93)118-107)91-37-13-20-46-103(91)116-101-44-18-10-32-86(101)88-34-24-41-95(112)109(88)116/h2-70H,71H2,1H3. The third kappa shape index (κ3) is 9.78. The highest BCUT2D eigenvalue weighted by molar-refractivity contribution is 7.99. The van der Waals surface area contributed by atoms with Crippen molar-refractivity contribution in [2.24, 2.45) is 0 Å². The number of nitrogens with zero attached hydrogens (tertiary/aromatic N) is 4. The highest BCUT2D eigenvalue weighted by atomic mass is 32.2. The highest BCUT2D eigenvalue weighted by Gasteiger charge is 2.52. The fourth-order valence-corrected chi connectivity index (χ4v) is 24.0. The monoisotopic (exact) mass is 1550 g/mol. The van der Waals surface area contributed by atoms with Crippen LogP contribution in [0.2, 0.25) is 0 Å². The van der Waals surface area contributed by atoms with Gasteiger partial charge >= 0.3 is 0 Å². The van der Waals surface area contributed by atoms with Crippen molar-refractivity contribution in [2.75, 3.05) is 9.80 Å². The zero-order valence-electron chi connectivity index (χ0n) is 65.1. The number of benzene rings is 18. The minimum Gasteiger partial charge on any atom is -0.310 e.